The summed E-state index contributed by atoms with van der Waals surface area (Å²) in [7, 11) is 0. The fraction of sp³-hybridized carbons (Fsp3) is 0.500. The standard InChI is InChI=1S/C14H19NO3/c16-14(17)12-4-6-13(7-5-12)18-9-8-15-10-11-2-1-3-11/h4-7,11,15H,1-3,8-10H2,(H,16,17). The van der Waals surface area contributed by atoms with Gasteiger partial charge < -0.3 is 15.2 Å². The third kappa shape index (κ3) is 3.74. The van der Waals surface area contributed by atoms with Crippen molar-refractivity contribution in [3.63, 3.8) is 0 Å². The molecule has 0 heterocycles. The second kappa shape index (κ2) is 6.40. The second-order valence-electron chi connectivity index (χ2n) is 4.68. The van der Waals surface area contributed by atoms with Gasteiger partial charge in [0.15, 0.2) is 0 Å². The minimum Gasteiger partial charge on any atom is -0.492 e. The molecule has 0 aromatic heterocycles. The Morgan fingerprint density at radius 1 is 1.33 bits per heavy atom. The van der Waals surface area contributed by atoms with Gasteiger partial charge in [-0.05, 0) is 49.6 Å². The predicted octanol–water partition coefficient (Wildman–Crippen LogP) is 2.15. The van der Waals surface area contributed by atoms with E-state index in [9.17, 15) is 4.79 Å². The molecule has 2 N–H and O–H groups in total. The van der Waals surface area contributed by atoms with Gasteiger partial charge in [0.25, 0.3) is 0 Å². The van der Waals surface area contributed by atoms with Gasteiger partial charge in [-0.1, -0.05) is 6.42 Å². The maximum absolute atomic E-state index is 10.7. The summed E-state index contributed by atoms with van der Waals surface area (Å²) in [5, 5.41) is 12.1. The van der Waals surface area contributed by atoms with Crippen LogP contribution >= 0.6 is 0 Å². The number of benzene rings is 1. The zero-order valence-corrected chi connectivity index (χ0v) is 10.4. The number of nitrogens with one attached hydrogen (secondary N) is 1. The monoisotopic (exact) mass is 249 g/mol. The van der Waals surface area contributed by atoms with Gasteiger partial charge in [0.2, 0.25) is 0 Å². The van der Waals surface area contributed by atoms with E-state index in [-0.39, 0.29) is 5.56 Å². The van der Waals surface area contributed by atoms with E-state index in [1.54, 1.807) is 24.3 Å². The van der Waals surface area contributed by atoms with Crippen LogP contribution in [0.2, 0.25) is 0 Å². The maximum atomic E-state index is 10.7. The molecule has 1 aliphatic rings. The first kappa shape index (κ1) is 12.9. The number of hydrogen-bond donors (Lipinski definition) is 2. The lowest BCUT2D eigenvalue weighted by Gasteiger charge is -2.25. The first-order chi connectivity index (χ1) is 8.75. The van der Waals surface area contributed by atoms with Crippen LogP contribution in [0.3, 0.4) is 0 Å². The fourth-order valence-electron chi connectivity index (χ4n) is 1.94. The van der Waals surface area contributed by atoms with Crippen LogP contribution in [-0.4, -0.2) is 30.8 Å². The third-order valence-corrected chi connectivity index (χ3v) is 3.31. The molecule has 1 saturated carbocycles. The lowest BCUT2D eigenvalue weighted by Crippen LogP contribution is -2.30. The highest BCUT2D eigenvalue weighted by Gasteiger charge is 2.15. The molecule has 0 radical (unpaired) electrons. The fourth-order valence-corrected chi connectivity index (χ4v) is 1.94. The van der Waals surface area contributed by atoms with Crippen molar-refractivity contribution >= 4 is 5.97 Å². The van der Waals surface area contributed by atoms with Crippen LogP contribution in [0.5, 0.6) is 5.75 Å². The molecule has 0 bridgehead atoms. The van der Waals surface area contributed by atoms with Crippen molar-refractivity contribution in [2.45, 2.75) is 19.3 Å². The van der Waals surface area contributed by atoms with E-state index in [1.165, 1.54) is 19.3 Å². The van der Waals surface area contributed by atoms with Crippen molar-refractivity contribution in [3.05, 3.63) is 29.8 Å². The summed E-state index contributed by atoms with van der Waals surface area (Å²) in [4.78, 5) is 10.7. The van der Waals surface area contributed by atoms with Crippen molar-refractivity contribution in [3.8, 4) is 5.75 Å². The van der Waals surface area contributed by atoms with E-state index in [4.69, 9.17) is 9.84 Å². The average Bonchev–Trinajstić information content (AvgIpc) is 2.32. The van der Waals surface area contributed by atoms with Gasteiger partial charge in [0.1, 0.15) is 12.4 Å². The molecule has 0 spiro atoms. The molecular weight excluding hydrogens is 230 g/mol. The Bertz CT molecular complexity index is 385. The number of ether oxygens (including phenoxy) is 1. The number of carboxylic acid groups (broad SMARTS) is 1. The molecule has 4 heteroatoms. The molecule has 18 heavy (non-hydrogen) atoms. The van der Waals surface area contributed by atoms with Crippen LogP contribution in [-0.2, 0) is 0 Å². The van der Waals surface area contributed by atoms with Crippen LogP contribution < -0.4 is 10.1 Å². The summed E-state index contributed by atoms with van der Waals surface area (Å²) in [6.07, 6.45) is 4.08. The van der Waals surface area contributed by atoms with Crippen LogP contribution in [0.4, 0.5) is 0 Å². The van der Waals surface area contributed by atoms with Gasteiger partial charge in [0, 0.05) is 6.54 Å². The van der Waals surface area contributed by atoms with E-state index in [0.29, 0.717) is 12.4 Å². The zero-order valence-electron chi connectivity index (χ0n) is 10.4. The smallest absolute Gasteiger partial charge is 0.335 e. The van der Waals surface area contributed by atoms with Gasteiger partial charge in [-0.25, -0.2) is 4.79 Å². The topological polar surface area (TPSA) is 58.6 Å². The zero-order chi connectivity index (χ0) is 12.8. The number of aromatic carboxylic acids is 1. The van der Waals surface area contributed by atoms with Gasteiger partial charge in [-0.3, -0.25) is 0 Å². The van der Waals surface area contributed by atoms with Gasteiger partial charge >= 0.3 is 5.97 Å². The van der Waals surface area contributed by atoms with E-state index in [1.807, 2.05) is 0 Å². The molecule has 0 saturated heterocycles. The molecule has 1 fully saturated rings. The highest BCUT2D eigenvalue weighted by atomic mass is 16.5. The third-order valence-electron chi connectivity index (χ3n) is 3.31. The Balaban J connectivity index is 1.61. The van der Waals surface area contributed by atoms with Crippen molar-refractivity contribution in [2.24, 2.45) is 5.92 Å². The van der Waals surface area contributed by atoms with Crippen molar-refractivity contribution in [2.75, 3.05) is 19.7 Å². The predicted molar refractivity (Wildman–Crippen MR) is 69.1 cm³/mol. The number of hydrogen-bond acceptors (Lipinski definition) is 3. The Morgan fingerprint density at radius 2 is 2.06 bits per heavy atom. The van der Waals surface area contributed by atoms with Crippen LogP contribution in [0, 0.1) is 5.92 Å². The van der Waals surface area contributed by atoms with Gasteiger partial charge in [-0.2, -0.15) is 0 Å². The first-order valence-corrected chi connectivity index (χ1v) is 6.42. The highest BCUT2D eigenvalue weighted by molar-refractivity contribution is 5.87. The van der Waals surface area contributed by atoms with Gasteiger partial charge in [0.05, 0.1) is 5.56 Å². The molecule has 0 unspecified atom stereocenters. The lowest BCUT2D eigenvalue weighted by atomic mass is 9.85. The van der Waals surface area contributed by atoms with Crippen LogP contribution in [0.1, 0.15) is 29.6 Å². The molecular formula is C14H19NO3. The number of carbonyl (C=O) groups is 1. The minimum atomic E-state index is -0.913. The molecule has 2 rings (SSSR count). The Labute approximate surface area is 107 Å². The Hall–Kier alpha value is -1.55. The maximum Gasteiger partial charge on any atom is 0.335 e. The summed E-state index contributed by atoms with van der Waals surface area (Å²) in [6, 6.07) is 6.49. The van der Waals surface area contributed by atoms with Gasteiger partial charge in [-0.15, -0.1) is 0 Å². The minimum absolute atomic E-state index is 0.283. The second-order valence-corrected chi connectivity index (χ2v) is 4.68. The molecule has 98 valence electrons. The Morgan fingerprint density at radius 3 is 2.61 bits per heavy atom. The largest absolute Gasteiger partial charge is 0.492 e. The summed E-state index contributed by atoms with van der Waals surface area (Å²) in [5.41, 5.74) is 0.283. The quantitative estimate of drug-likeness (QED) is 0.727. The molecule has 1 aromatic carbocycles. The van der Waals surface area contributed by atoms with E-state index in [2.05, 4.69) is 5.32 Å². The summed E-state index contributed by atoms with van der Waals surface area (Å²) < 4.78 is 5.52. The first-order valence-electron chi connectivity index (χ1n) is 6.42. The summed E-state index contributed by atoms with van der Waals surface area (Å²) in [6.45, 7) is 2.53. The molecule has 0 atom stereocenters. The van der Waals surface area contributed by atoms with Crippen molar-refractivity contribution in [1.82, 2.24) is 5.32 Å². The lowest BCUT2D eigenvalue weighted by molar-refractivity contribution is 0.0697. The van der Waals surface area contributed by atoms with E-state index < -0.39 is 5.97 Å². The molecule has 0 amide bonds. The van der Waals surface area contributed by atoms with Crippen LogP contribution in [0.25, 0.3) is 0 Å². The molecule has 1 aromatic rings. The highest BCUT2D eigenvalue weighted by Crippen LogP contribution is 2.24. The average molecular weight is 249 g/mol. The van der Waals surface area contributed by atoms with E-state index >= 15 is 0 Å². The number of rotatable bonds is 7. The van der Waals surface area contributed by atoms with Crippen molar-refractivity contribution in [1.29, 1.82) is 0 Å². The number of carboxylic acids is 1. The SMILES string of the molecule is O=C(O)c1ccc(OCCNCC2CCC2)cc1. The summed E-state index contributed by atoms with van der Waals surface area (Å²) >= 11 is 0. The molecule has 4 nitrogen and oxygen atoms in total. The Kier molecular flexibility index (Phi) is 4.59. The molecule has 1 aliphatic carbocycles. The van der Waals surface area contributed by atoms with Crippen LogP contribution in [0.15, 0.2) is 24.3 Å². The van der Waals surface area contributed by atoms with Crippen molar-refractivity contribution < 1.29 is 14.6 Å². The normalized spacial score (nSPS) is 15.1. The van der Waals surface area contributed by atoms with E-state index in [0.717, 1.165) is 19.0 Å². The summed E-state index contributed by atoms with van der Waals surface area (Å²) in [5.74, 6) is 0.661. The molecule has 0 aliphatic heterocycles.